The van der Waals surface area contributed by atoms with Gasteiger partial charge in [0.2, 0.25) is 0 Å². The predicted molar refractivity (Wildman–Crippen MR) is 69.1 cm³/mol. The molecule has 1 atom stereocenters. The first-order valence-corrected chi connectivity index (χ1v) is 6.27. The minimum atomic E-state index is -4.83. The van der Waals surface area contributed by atoms with Crippen molar-refractivity contribution in [3.05, 3.63) is 27.1 Å². The van der Waals surface area contributed by atoms with Gasteiger partial charge in [-0.15, -0.1) is 0 Å². The lowest BCUT2D eigenvalue weighted by molar-refractivity contribution is -0.184. The Morgan fingerprint density at radius 3 is 2.11 bits per heavy atom. The van der Waals surface area contributed by atoms with Crippen molar-refractivity contribution in [3.63, 3.8) is 0 Å². The maximum absolute atomic E-state index is 12.6. The van der Waals surface area contributed by atoms with Crippen LogP contribution in [0, 0.1) is 0 Å². The molecule has 0 radical (unpaired) electrons. The van der Waals surface area contributed by atoms with Crippen LogP contribution in [0.2, 0.25) is 0 Å². The summed E-state index contributed by atoms with van der Waals surface area (Å²) in [6, 6.07) is 4.83. The normalized spacial score (nSPS) is 15.1. The van der Waals surface area contributed by atoms with E-state index in [1.807, 2.05) is 0 Å². The van der Waals surface area contributed by atoms with Gasteiger partial charge < -0.3 is 11.1 Å². The number of amides is 1. The quantitative estimate of drug-likeness (QED) is 0.814. The van der Waals surface area contributed by atoms with Gasteiger partial charge in [-0.3, -0.25) is 4.79 Å². The first kappa shape index (κ1) is 15.5. The number of nitrogens with two attached hydrogens (primary N) is 1. The van der Waals surface area contributed by atoms with Crippen LogP contribution < -0.4 is 11.1 Å². The Balaban J connectivity index is 3.03. The number of rotatable bonds is 2. The summed E-state index contributed by atoms with van der Waals surface area (Å²) in [7, 11) is 0. The molecule has 0 spiro atoms. The van der Waals surface area contributed by atoms with Gasteiger partial charge in [0.15, 0.2) is 5.54 Å². The van der Waals surface area contributed by atoms with Crippen LogP contribution in [0.5, 0.6) is 0 Å². The number of hydrogen-bond donors (Lipinski definition) is 2. The molecule has 8 heteroatoms. The molecule has 0 heterocycles. The summed E-state index contributed by atoms with van der Waals surface area (Å²) in [6.07, 6.45) is -4.83. The number of para-hydroxylation sites is 1. The molecule has 1 unspecified atom stereocenters. The zero-order valence-corrected chi connectivity index (χ0v) is 12.3. The highest BCUT2D eigenvalue weighted by Crippen LogP contribution is 2.33. The fourth-order valence-corrected chi connectivity index (χ4v) is 2.19. The molecule has 1 rings (SSSR count). The first-order chi connectivity index (χ1) is 8.07. The van der Waals surface area contributed by atoms with Gasteiger partial charge in [-0.2, -0.15) is 13.2 Å². The van der Waals surface area contributed by atoms with Gasteiger partial charge in [-0.1, -0.05) is 6.07 Å². The van der Waals surface area contributed by atoms with Gasteiger partial charge in [-0.05, 0) is 50.9 Å². The summed E-state index contributed by atoms with van der Waals surface area (Å²) in [5, 5.41) is 2.15. The van der Waals surface area contributed by atoms with Gasteiger partial charge in [-0.25, -0.2) is 0 Å². The third-order valence-corrected chi connectivity index (χ3v) is 3.58. The van der Waals surface area contributed by atoms with E-state index >= 15 is 0 Å². The summed E-state index contributed by atoms with van der Waals surface area (Å²) in [4.78, 5) is 11.6. The Labute approximate surface area is 118 Å². The summed E-state index contributed by atoms with van der Waals surface area (Å²) in [6.45, 7) is 0.618. The van der Waals surface area contributed by atoms with Crippen molar-refractivity contribution in [2.24, 2.45) is 5.73 Å². The highest BCUT2D eigenvalue weighted by atomic mass is 79.9. The molecule has 0 saturated carbocycles. The Morgan fingerprint density at radius 1 is 1.28 bits per heavy atom. The molecular weight excluding hydrogens is 381 g/mol. The molecule has 0 saturated heterocycles. The van der Waals surface area contributed by atoms with E-state index < -0.39 is 17.6 Å². The van der Waals surface area contributed by atoms with Crippen LogP contribution in [0.1, 0.15) is 6.92 Å². The minimum Gasteiger partial charge on any atom is -0.322 e. The second-order valence-corrected chi connectivity index (χ2v) is 5.46. The number of carbonyl (C=O) groups is 1. The molecule has 3 N–H and O–H groups in total. The zero-order chi connectivity index (χ0) is 14.1. The second-order valence-electron chi connectivity index (χ2n) is 3.75. The molecule has 0 fully saturated rings. The van der Waals surface area contributed by atoms with Gasteiger partial charge in [0, 0.05) is 8.95 Å². The minimum absolute atomic E-state index is 0.198. The van der Waals surface area contributed by atoms with Gasteiger partial charge in [0.25, 0.3) is 5.91 Å². The van der Waals surface area contributed by atoms with Crippen molar-refractivity contribution in [1.82, 2.24) is 0 Å². The lowest BCUT2D eigenvalue weighted by Crippen LogP contribution is -2.59. The summed E-state index contributed by atoms with van der Waals surface area (Å²) >= 11 is 6.25. The lowest BCUT2D eigenvalue weighted by Gasteiger charge is -2.26. The van der Waals surface area contributed by atoms with Gasteiger partial charge >= 0.3 is 6.18 Å². The van der Waals surface area contributed by atoms with E-state index in [-0.39, 0.29) is 5.69 Å². The number of nitrogens with one attached hydrogen (secondary N) is 1. The molecule has 1 amide bonds. The molecule has 0 aromatic heterocycles. The largest absolute Gasteiger partial charge is 0.415 e. The average molecular weight is 390 g/mol. The molecule has 0 aliphatic heterocycles. The summed E-state index contributed by atoms with van der Waals surface area (Å²) in [5.74, 6) is -1.33. The SMILES string of the molecule is CC(N)(C(=O)Nc1c(Br)cccc1Br)C(F)(F)F. The molecule has 1 aromatic carbocycles. The third kappa shape index (κ3) is 3.04. The van der Waals surface area contributed by atoms with Crippen molar-refractivity contribution in [3.8, 4) is 0 Å². The Hall–Kier alpha value is -0.600. The van der Waals surface area contributed by atoms with Crippen molar-refractivity contribution in [2.45, 2.75) is 18.6 Å². The number of hydrogen-bond acceptors (Lipinski definition) is 2. The van der Waals surface area contributed by atoms with Crippen LogP contribution in [-0.2, 0) is 4.79 Å². The Bertz CT molecular complexity index is 454. The molecule has 18 heavy (non-hydrogen) atoms. The van der Waals surface area contributed by atoms with Crippen LogP contribution in [0.3, 0.4) is 0 Å². The Morgan fingerprint density at radius 2 is 1.72 bits per heavy atom. The van der Waals surface area contributed by atoms with E-state index in [0.717, 1.165) is 0 Å². The van der Waals surface area contributed by atoms with Crippen molar-refractivity contribution in [1.29, 1.82) is 0 Å². The second kappa shape index (κ2) is 5.18. The average Bonchev–Trinajstić information content (AvgIpc) is 2.21. The molecular formula is C10H9Br2F3N2O. The molecule has 100 valence electrons. The molecule has 0 aliphatic carbocycles. The van der Waals surface area contributed by atoms with Crippen LogP contribution in [-0.4, -0.2) is 17.6 Å². The highest BCUT2D eigenvalue weighted by Gasteiger charge is 2.54. The van der Waals surface area contributed by atoms with Crippen LogP contribution in [0.15, 0.2) is 27.1 Å². The number of carbonyl (C=O) groups excluding carboxylic acids is 1. The smallest absolute Gasteiger partial charge is 0.322 e. The van der Waals surface area contributed by atoms with Crippen molar-refractivity contribution in [2.75, 3.05) is 5.32 Å². The molecule has 1 aromatic rings. The number of anilines is 1. The zero-order valence-electron chi connectivity index (χ0n) is 9.11. The fraction of sp³-hybridized carbons (Fsp3) is 0.300. The third-order valence-electron chi connectivity index (χ3n) is 2.26. The maximum Gasteiger partial charge on any atom is 0.415 e. The molecule has 0 bridgehead atoms. The molecule has 3 nitrogen and oxygen atoms in total. The fourth-order valence-electron chi connectivity index (χ4n) is 0.989. The van der Waals surface area contributed by atoms with Crippen LogP contribution in [0.4, 0.5) is 18.9 Å². The maximum atomic E-state index is 12.6. The first-order valence-electron chi connectivity index (χ1n) is 4.68. The van der Waals surface area contributed by atoms with Gasteiger partial charge in [0.05, 0.1) is 5.69 Å². The number of halogens is 5. The number of benzene rings is 1. The topological polar surface area (TPSA) is 55.1 Å². The van der Waals surface area contributed by atoms with Crippen molar-refractivity contribution >= 4 is 43.5 Å². The van der Waals surface area contributed by atoms with E-state index in [1.54, 1.807) is 18.2 Å². The summed E-state index contributed by atoms with van der Waals surface area (Å²) < 4.78 is 38.6. The van der Waals surface area contributed by atoms with Gasteiger partial charge in [0.1, 0.15) is 0 Å². The van der Waals surface area contributed by atoms with E-state index in [1.165, 1.54) is 0 Å². The summed E-state index contributed by atoms with van der Waals surface area (Å²) in [5.41, 5.74) is 2.26. The van der Waals surface area contributed by atoms with Crippen LogP contribution >= 0.6 is 31.9 Å². The van der Waals surface area contributed by atoms with E-state index in [2.05, 4.69) is 37.2 Å². The predicted octanol–water partition coefficient (Wildman–Crippen LogP) is 3.43. The number of alkyl halides is 3. The van der Waals surface area contributed by atoms with E-state index in [9.17, 15) is 18.0 Å². The molecule has 0 aliphatic rings. The highest BCUT2D eigenvalue weighted by molar-refractivity contribution is 9.11. The van der Waals surface area contributed by atoms with Crippen molar-refractivity contribution < 1.29 is 18.0 Å². The van der Waals surface area contributed by atoms with E-state index in [0.29, 0.717) is 15.9 Å². The standard InChI is InChI=1S/C10H9Br2F3N2O/c1-9(16,10(13,14)15)8(18)17-7-5(11)3-2-4-6(7)12/h2-4H,16H2,1H3,(H,17,18). The monoisotopic (exact) mass is 388 g/mol. The lowest BCUT2D eigenvalue weighted by atomic mass is 10.0. The van der Waals surface area contributed by atoms with E-state index in [4.69, 9.17) is 5.73 Å². The van der Waals surface area contributed by atoms with Crippen LogP contribution in [0.25, 0.3) is 0 Å². The Kier molecular flexibility index (Phi) is 4.45.